The summed E-state index contributed by atoms with van der Waals surface area (Å²) in [7, 11) is 2.00. The highest BCUT2D eigenvalue weighted by atomic mass is 16.1. The van der Waals surface area contributed by atoms with Gasteiger partial charge in [0.05, 0.1) is 11.9 Å². The molecule has 5 nitrogen and oxygen atoms in total. The lowest BCUT2D eigenvalue weighted by Gasteiger charge is -2.23. The van der Waals surface area contributed by atoms with E-state index in [2.05, 4.69) is 22.2 Å². The van der Waals surface area contributed by atoms with E-state index in [0.29, 0.717) is 5.92 Å². The zero-order valence-corrected chi connectivity index (χ0v) is 11.9. The van der Waals surface area contributed by atoms with Crippen LogP contribution in [0.2, 0.25) is 0 Å². The molecule has 2 heterocycles. The van der Waals surface area contributed by atoms with Crippen molar-refractivity contribution in [3.05, 3.63) is 22.6 Å². The standard InChI is InChI=1S/C14H24N4O/c1-3-8-17(2)13-9-14(19)18(16-10-13)11-12-4-6-15-7-5-12/h9-10,12,15H,3-8,11H2,1-2H3. The van der Waals surface area contributed by atoms with E-state index in [-0.39, 0.29) is 5.56 Å². The van der Waals surface area contributed by atoms with E-state index in [4.69, 9.17) is 0 Å². The lowest BCUT2D eigenvalue weighted by molar-refractivity contribution is 0.315. The van der Waals surface area contributed by atoms with Gasteiger partial charge < -0.3 is 10.2 Å². The van der Waals surface area contributed by atoms with Crippen LogP contribution in [0.5, 0.6) is 0 Å². The molecule has 19 heavy (non-hydrogen) atoms. The molecule has 1 fully saturated rings. The van der Waals surface area contributed by atoms with Gasteiger partial charge in [-0.2, -0.15) is 5.10 Å². The number of anilines is 1. The molecule has 1 aromatic heterocycles. The number of hydrogen-bond acceptors (Lipinski definition) is 4. The Morgan fingerprint density at radius 3 is 2.84 bits per heavy atom. The van der Waals surface area contributed by atoms with Gasteiger partial charge in [0.15, 0.2) is 0 Å². The van der Waals surface area contributed by atoms with Gasteiger partial charge in [-0.15, -0.1) is 0 Å². The van der Waals surface area contributed by atoms with Crippen molar-refractivity contribution in [3.63, 3.8) is 0 Å². The van der Waals surface area contributed by atoms with Gasteiger partial charge in [-0.05, 0) is 38.3 Å². The van der Waals surface area contributed by atoms with E-state index in [1.807, 2.05) is 7.05 Å². The van der Waals surface area contributed by atoms with Crippen molar-refractivity contribution in [1.29, 1.82) is 0 Å². The predicted octanol–water partition coefficient (Wildman–Crippen LogP) is 1.09. The minimum absolute atomic E-state index is 0.0129. The zero-order valence-electron chi connectivity index (χ0n) is 11.9. The maximum atomic E-state index is 12.1. The van der Waals surface area contributed by atoms with E-state index in [0.717, 1.165) is 51.1 Å². The Hall–Kier alpha value is -1.36. The van der Waals surface area contributed by atoms with Gasteiger partial charge in [0.2, 0.25) is 0 Å². The van der Waals surface area contributed by atoms with Crippen LogP contribution < -0.4 is 15.8 Å². The SMILES string of the molecule is CCCN(C)c1cnn(CC2CCNCC2)c(=O)c1. The average Bonchev–Trinajstić information content (AvgIpc) is 2.42. The van der Waals surface area contributed by atoms with Crippen LogP contribution >= 0.6 is 0 Å². The average molecular weight is 264 g/mol. The van der Waals surface area contributed by atoms with Crippen LogP contribution in [0.4, 0.5) is 5.69 Å². The smallest absolute Gasteiger partial charge is 0.268 e. The lowest BCUT2D eigenvalue weighted by Crippen LogP contribution is -2.33. The summed E-state index contributed by atoms with van der Waals surface area (Å²) in [5.41, 5.74) is 0.924. The predicted molar refractivity (Wildman–Crippen MR) is 77.7 cm³/mol. The molecule has 1 aliphatic heterocycles. The minimum atomic E-state index is 0.0129. The van der Waals surface area contributed by atoms with Crippen LogP contribution in [0.15, 0.2) is 17.1 Å². The molecular weight excluding hydrogens is 240 g/mol. The van der Waals surface area contributed by atoms with Crippen molar-refractivity contribution in [3.8, 4) is 0 Å². The van der Waals surface area contributed by atoms with Crippen LogP contribution in [0.25, 0.3) is 0 Å². The maximum Gasteiger partial charge on any atom is 0.268 e. The number of nitrogens with zero attached hydrogens (tertiary/aromatic N) is 3. The molecule has 0 radical (unpaired) electrons. The summed E-state index contributed by atoms with van der Waals surface area (Å²) in [6, 6.07) is 1.70. The summed E-state index contributed by atoms with van der Waals surface area (Å²) in [5.74, 6) is 0.575. The monoisotopic (exact) mass is 264 g/mol. The van der Waals surface area contributed by atoms with Crippen molar-refractivity contribution >= 4 is 5.69 Å². The van der Waals surface area contributed by atoms with Gasteiger partial charge in [-0.25, -0.2) is 4.68 Å². The Balaban J connectivity index is 2.04. The summed E-state index contributed by atoms with van der Waals surface area (Å²) in [6.07, 6.45) is 5.13. The van der Waals surface area contributed by atoms with E-state index >= 15 is 0 Å². The highest BCUT2D eigenvalue weighted by Gasteiger charge is 2.15. The number of piperidine rings is 1. The van der Waals surface area contributed by atoms with E-state index in [1.165, 1.54) is 0 Å². The molecule has 0 aromatic carbocycles. The van der Waals surface area contributed by atoms with Crippen LogP contribution in [0.3, 0.4) is 0 Å². The molecule has 106 valence electrons. The molecule has 0 atom stereocenters. The molecule has 1 N–H and O–H groups in total. The first kappa shape index (κ1) is 14.1. The summed E-state index contributed by atoms with van der Waals surface area (Å²) in [4.78, 5) is 14.2. The second-order valence-electron chi connectivity index (χ2n) is 5.35. The first-order valence-electron chi connectivity index (χ1n) is 7.19. The zero-order chi connectivity index (χ0) is 13.7. The molecule has 1 aromatic rings. The second kappa shape index (κ2) is 6.70. The second-order valence-corrected chi connectivity index (χ2v) is 5.35. The Morgan fingerprint density at radius 2 is 2.21 bits per heavy atom. The molecule has 0 amide bonds. The normalized spacial score (nSPS) is 16.5. The van der Waals surface area contributed by atoms with Crippen molar-refractivity contribution in [1.82, 2.24) is 15.1 Å². The third kappa shape index (κ3) is 3.80. The number of rotatable bonds is 5. The van der Waals surface area contributed by atoms with Gasteiger partial charge in [0, 0.05) is 26.2 Å². The van der Waals surface area contributed by atoms with Crippen LogP contribution in [-0.4, -0.2) is 36.5 Å². The molecule has 0 bridgehead atoms. The molecule has 2 rings (SSSR count). The van der Waals surface area contributed by atoms with Crippen molar-refractivity contribution in [2.45, 2.75) is 32.7 Å². The fraction of sp³-hybridized carbons (Fsp3) is 0.714. The van der Waals surface area contributed by atoms with Gasteiger partial charge in [0.1, 0.15) is 0 Å². The van der Waals surface area contributed by atoms with Gasteiger partial charge in [-0.1, -0.05) is 6.92 Å². The van der Waals surface area contributed by atoms with Crippen LogP contribution in [0, 0.1) is 5.92 Å². The number of hydrogen-bond donors (Lipinski definition) is 1. The third-order valence-corrected chi connectivity index (χ3v) is 3.74. The van der Waals surface area contributed by atoms with Gasteiger partial charge in [-0.3, -0.25) is 4.79 Å². The molecule has 0 saturated carbocycles. The third-order valence-electron chi connectivity index (χ3n) is 3.74. The van der Waals surface area contributed by atoms with Crippen LogP contribution in [0.1, 0.15) is 26.2 Å². The Kier molecular flexibility index (Phi) is 4.96. The van der Waals surface area contributed by atoms with Crippen molar-refractivity contribution < 1.29 is 0 Å². The first-order valence-corrected chi connectivity index (χ1v) is 7.19. The number of aromatic nitrogens is 2. The summed E-state index contributed by atoms with van der Waals surface area (Å²) >= 11 is 0. The topological polar surface area (TPSA) is 50.2 Å². The summed E-state index contributed by atoms with van der Waals surface area (Å²) in [6.45, 7) is 5.92. The quantitative estimate of drug-likeness (QED) is 0.865. The molecule has 0 aliphatic carbocycles. The minimum Gasteiger partial charge on any atom is -0.373 e. The Morgan fingerprint density at radius 1 is 1.47 bits per heavy atom. The first-order chi connectivity index (χ1) is 9.20. The Bertz CT molecular complexity index is 451. The van der Waals surface area contributed by atoms with E-state index in [1.54, 1.807) is 16.9 Å². The summed E-state index contributed by atoms with van der Waals surface area (Å²) < 4.78 is 1.61. The highest BCUT2D eigenvalue weighted by molar-refractivity contribution is 5.41. The molecular formula is C14H24N4O. The molecule has 0 unspecified atom stereocenters. The van der Waals surface area contributed by atoms with Crippen molar-refractivity contribution in [2.24, 2.45) is 5.92 Å². The fourth-order valence-electron chi connectivity index (χ4n) is 2.54. The van der Waals surface area contributed by atoms with Crippen LogP contribution in [-0.2, 0) is 6.54 Å². The molecule has 1 aliphatic rings. The van der Waals surface area contributed by atoms with Gasteiger partial charge >= 0.3 is 0 Å². The molecule has 5 heteroatoms. The fourth-order valence-corrected chi connectivity index (χ4v) is 2.54. The lowest BCUT2D eigenvalue weighted by atomic mass is 9.98. The molecule has 0 spiro atoms. The van der Waals surface area contributed by atoms with E-state index < -0.39 is 0 Å². The number of nitrogens with one attached hydrogen (secondary N) is 1. The summed E-state index contributed by atoms with van der Waals surface area (Å²) in [5, 5.41) is 7.66. The highest BCUT2D eigenvalue weighted by Crippen LogP contribution is 2.13. The largest absolute Gasteiger partial charge is 0.373 e. The van der Waals surface area contributed by atoms with E-state index in [9.17, 15) is 4.79 Å². The molecule has 1 saturated heterocycles. The van der Waals surface area contributed by atoms with Crippen molar-refractivity contribution in [2.75, 3.05) is 31.6 Å². The Labute approximate surface area is 114 Å². The maximum absolute atomic E-state index is 12.1. The van der Waals surface area contributed by atoms with Gasteiger partial charge in [0.25, 0.3) is 5.56 Å².